The molecule has 0 aliphatic carbocycles. The summed E-state index contributed by atoms with van der Waals surface area (Å²) in [5.74, 6) is 0.559. The van der Waals surface area contributed by atoms with Gasteiger partial charge in [0.05, 0.1) is 17.3 Å². The Hall–Kier alpha value is -1.37. The van der Waals surface area contributed by atoms with Gasteiger partial charge in [0, 0.05) is 6.07 Å². The van der Waals surface area contributed by atoms with Gasteiger partial charge in [-0.15, -0.1) is 11.3 Å². The molecule has 112 valence electrons. The number of carbonyl (C=O) groups excluding carboxylic acids is 1. The first-order valence-corrected chi connectivity index (χ1v) is 8.17. The van der Waals surface area contributed by atoms with E-state index in [1.807, 2.05) is 16.1 Å². The van der Waals surface area contributed by atoms with Gasteiger partial charge < -0.3 is 10.2 Å². The minimum atomic E-state index is -0.176. The molecule has 2 aromatic rings. The van der Waals surface area contributed by atoms with Crippen LogP contribution in [0.2, 0.25) is 5.02 Å². The Bertz CT molecular complexity index is 630. The molecule has 3 heterocycles. The fourth-order valence-electron chi connectivity index (χ4n) is 2.57. The summed E-state index contributed by atoms with van der Waals surface area (Å²) in [5.41, 5.74) is 0. The molecule has 0 spiro atoms. The van der Waals surface area contributed by atoms with Crippen LogP contribution in [0.15, 0.2) is 23.7 Å². The number of aromatic nitrogens is 2. The number of hydrogen-bond donors (Lipinski definition) is 1. The van der Waals surface area contributed by atoms with Crippen molar-refractivity contribution in [3.8, 4) is 0 Å². The first-order valence-electron chi connectivity index (χ1n) is 6.91. The third-order valence-corrected chi connectivity index (χ3v) is 5.11. The Morgan fingerprint density at radius 1 is 1.43 bits per heavy atom. The zero-order chi connectivity index (χ0) is 14.8. The maximum absolute atomic E-state index is 12.2. The summed E-state index contributed by atoms with van der Waals surface area (Å²) in [4.78, 5) is 15.1. The standard InChI is InChI=1S/C14H17ClN4OS/c1-18-7-3-10(4-8-18)19-12(2-6-16-19)17-14(20)13-11(15)5-9-21-13/h2,5-6,9-10H,3-4,7-8H2,1H3,(H,17,20). The lowest BCUT2D eigenvalue weighted by molar-refractivity contribution is 0.102. The highest BCUT2D eigenvalue weighted by Crippen LogP contribution is 2.26. The maximum atomic E-state index is 12.2. The smallest absolute Gasteiger partial charge is 0.268 e. The van der Waals surface area contributed by atoms with E-state index < -0.39 is 0 Å². The van der Waals surface area contributed by atoms with Crippen LogP contribution >= 0.6 is 22.9 Å². The van der Waals surface area contributed by atoms with Crippen molar-refractivity contribution in [2.45, 2.75) is 18.9 Å². The third kappa shape index (κ3) is 3.12. The van der Waals surface area contributed by atoms with Gasteiger partial charge in [0.25, 0.3) is 5.91 Å². The number of anilines is 1. The van der Waals surface area contributed by atoms with E-state index in [1.165, 1.54) is 11.3 Å². The molecule has 1 fully saturated rings. The second-order valence-corrected chi connectivity index (χ2v) is 6.57. The molecule has 5 nitrogen and oxygen atoms in total. The zero-order valence-corrected chi connectivity index (χ0v) is 13.3. The number of rotatable bonds is 3. The molecule has 1 N–H and O–H groups in total. The van der Waals surface area contributed by atoms with Crippen LogP contribution in [0.3, 0.4) is 0 Å². The van der Waals surface area contributed by atoms with Crippen molar-refractivity contribution in [1.29, 1.82) is 0 Å². The lowest BCUT2D eigenvalue weighted by Crippen LogP contribution is -2.32. The number of thiophene rings is 1. The predicted octanol–water partition coefficient (Wildman–Crippen LogP) is 3.12. The summed E-state index contributed by atoms with van der Waals surface area (Å²) in [5, 5.41) is 9.59. The van der Waals surface area contributed by atoms with E-state index in [0.29, 0.717) is 15.9 Å². The van der Waals surface area contributed by atoms with Crippen LogP contribution in [0, 0.1) is 0 Å². The van der Waals surface area contributed by atoms with Gasteiger partial charge in [-0.25, -0.2) is 4.68 Å². The normalized spacial score (nSPS) is 17.0. The molecular formula is C14H17ClN4OS. The number of nitrogens with one attached hydrogen (secondary N) is 1. The average Bonchev–Trinajstić information content (AvgIpc) is 3.09. The molecule has 1 amide bonds. The van der Waals surface area contributed by atoms with Crippen molar-refractivity contribution >= 4 is 34.7 Å². The lowest BCUT2D eigenvalue weighted by atomic mass is 10.1. The van der Waals surface area contributed by atoms with Crippen LogP contribution in [0.5, 0.6) is 0 Å². The molecule has 3 rings (SSSR count). The average molecular weight is 325 g/mol. The quantitative estimate of drug-likeness (QED) is 0.943. The lowest BCUT2D eigenvalue weighted by Gasteiger charge is -2.29. The number of amides is 1. The predicted molar refractivity (Wildman–Crippen MR) is 85.3 cm³/mol. The summed E-state index contributed by atoms with van der Waals surface area (Å²) in [6, 6.07) is 3.90. The van der Waals surface area contributed by atoms with Crippen LogP contribution in [0.4, 0.5) is 5.82 Å². The zero-order valence-electron chi connectivity index (χ0n) is 11.8. The largest absolute Gasteiger partial charge is 0.306 e. The molecule has 1 aliphatic heterocycles. The first kappa shape index (κ1) is 14.6. The monoisotopic (exact) mass is 324 g/mol. The summed E-state index contributed by atoms with van der Waals surface area (Å²) in [6.07, 6.45) is 3.81. The van der Waals surface area contributed by atoms with E-state index in [1.54, 1.807) is 12.3 Å². The second-order valence-electron chi connectivity index (χ2n) is 5.25. The van der Waals surface area contributed by atoms with Crippen molar-refractivity contribution in [3.63, 3.8) is 0 Å². The molecule has 7 heteroatoms. The van der Waals surface area contributed by atoms with Crippen molar-refractivity contribution in [3.05, 3.63) is 33.6 Å². The number of likely N-dealkylation sites (tertiary alicyclic amines) is 1. The minimum absolute atomic E-state index is 0.176. The van der Waals surface area contributed by atoms with E-state index >= 15 is 0 Å². The number of hydrogen-bond acceptors (Lipinski definition) is 4. The fourth-order valence-corrected chi connectivity index (χ4v) is 3.61. The highest BCUT2D eigenvalue weighted by Gasteiger charge is 2.22. The molecule has 0 bridgehead atoms. The van der Waals surface area contributed by atoms with Crippen LogP contribution in [0.1, 0.15) is 28.6 Å². The Labute approximate surface area is 132 Å². The molecule has 2 aromatic heterocycles. The van der Waals surface area contributed by atoms with Crippen LogP contribution < -0.4 is 5.32 Å². The van der Waals surface area contributed by atoms with Gasteiger partial charge in [0.15, 0.2) is 0 Å². The molecule has 0 atom stereocenters. The van der Waals surface area contributed by atoms with E-state index in [0.717, 1.165) is 31.7 Å². The van der Waals surface area contributed by atoms with Gasteiger partial charge in [0.1, 0.15) is 10.7 Å². The molecule has 1 saturated heterocycles. The molecule has 0 saturated carbocycles. The van der Waals surface area contributed by atoms with Crippen molar-refractivity contribution in [1.82, 2.24) is 14.7 Å². The van der Waals surface area contributed by atoms with E-state index in [2.05, 4.69) is 22.4 Å². The van der Waals surface area contributed by atoms with Gasteiger partial charge in [-0.05, 0) is 44.4 Å². The highest BCUT2D eigenvalue weighted by molar-refractivity contribution is 7.12. The van der Waals surface area contributed by atoms with Gasteiger partial charge in [-0.1, -0.05) is 11.6 Å². The van der Waals surface area contributed by atoms with Gasteiger partial charge >= 0.3 is 0 Å². The number of halogens is 1. The summed E-state index contributed by atoms with van der Waals surface area (Å²) in [6.45, 7) is 2.10. The van der Waals surface area contributed by atoms with Crippen LogP contribution in [-0.2, 0) is 0 Å². The first-order chi connectivity index (χ1) is 10.1. The van der Waals surface area contributed by atoms with Gasteiger partial charge in [0.2, 0.25) is 0 Å². The maximum Gasteiger partial charge on any atom is 0.268 e. The third-order valence-electron chi connectivity index (χ3n) is 3.77. The minimum Gasteiger partial charge on any atom is -0.306 e. The van der Waals surface area contributed by atoms with Gasteiger partial charge in [-0.2, -0.15) is 5.10 Å². The number of nitrogens with zero attached hydrogens (tertiary/aromatic N) is 3. The topological polar surface area (TPSA) is 50.2 Å². The SMILES string of the molecule is CN1CCC(n2nccc2NC(=O)c2sccc2Cl)CC1. The molecule has 21 heavy (non-hydrogen) atoms. The van der Waals surface area contributed by atoms with Crippen LogP contribution in [-0.4, -0.2) is 40.7 Å². The fraction of sp³-hybridized carbons (Fsp3) is 0.429. The van der Waals surface area contributed by atoms with E-state index in [4.69, 9.17) is 11.6 Å². The molecule has 1 aliphatic rings. The summed E-state index contributed by atoms with van der Waals surface area (Å²) in [7, 11) is 2.13. The number of carbonyl (C=O) groups is 1. The summed E-state index contributed by atoms with van der Waals surface area (Å²) >= 11 is 7.34. The Balaban J connectivity index is 1.74. The van der Waals surface area contributed by atoms with Crippen LogP contribution in [0.25, 0.3) is 0 Å². The van der Waals surface area contributed by atoms with Crippen molar-refractivity contribution in [2.75, 3.05) is 25.5 Å². The molecule has 0 unspecified atom stereocenters. The van der Waals surface area contributed by atoms with Crippen molar-refractivity contribution < 1.29 is 4.79 Å². The highest BCUT2D eigenvalue weighted by atomic mass is 35.5. The second kappa shape index (κ2) is 6.17. The molecule has 0 aromatic carbocycles. The Kier molecular flexibility index (Phi) is 4.28. The Morgan fingerprint density at radius 2 is 2.19 bits per heavy atom. The van der Waals surface area contributed by atoms with E-state index in [9.17, 15) is 4.79 Å². The number of piperidine rings is 1. The molecule has 0 radical (unpaired) electrons. The molecular weight excluding hydrogens is 308 g/mol. The van der Waals surface area contributed by atoms with Gasteiger partial charge in [-0.3, -0.25) is 4.79 Å². The van der Waals surface area contributed by atoms with E-state index in [-0.39, 0.29) is 5.91 Å². The van der Waals surface area contributed by atoms with Crippen molar-refractivity contribution in [2.24, 2.45) is 0 Å². The summed E-state index contributed by atoms with van der Waals surface area (Å²) < 4.78 is 1.92. The Morgan fingerprint density at radius 3 is 2.86 bits per heavy atom.